The summed E-state index contributed by atoms with van der Waals surface area (Å²) in [6.07, 6.45) is 0.772. The molecule has 7 heteroatoms. The Bertz CT molecular complexity index is 1500. The molecule has 2 N–H and O–H groups in total. The van der Waals surface area contributed by atoms with Gasteiger partial charge in [-0.25, -0.2) is 4.98 Å². The highest BCUT2D eigenvalue weighted by atomic mass is 32.1. The minimum Gasteiger partial charge on any atom is -0.351 e. The number of aromatic nitrogens is 1. The van der Waals surface area contributed by atoms with Crippen LogP contribution in [0.15, 0.2) is 78.2 Å². The second kappa shape index (κ2) is 10.1. The Morgan fingerprint density at radius 2 is 1.56 bits per heavy atom. The first-order valence-electron chi connectivity index (χ1n) is 13.3. The number of thiazole rings is 1. The van der Waals surface area contributed by atoms with Crippen LogP contribution in [0.3, 0.4) is 0 Å². The number of rotatable bonds is 7. The topological polar surface area (TPSA) is 74.3 Å². The van der Waals surface area contributed by atoms with Gasteiger partial charge in [-0.3, -0.25) is 9.59 Å². The average Bonchev–Trinajstić information content (AvgIpc) is 3.41. The van der Waals surface area contributed by atoms with Gasteiger partial charge in [0.25, 0.3) is 5.91 Å². The maximum absolute atomic E-state index is 13.9. The van der Waals surface area contributed by atoms with Gasteiger partial charge in [0, 0.05) is 41.4 Å². The zero-order valence-electron chi connectivity index (χ0n) is 22.4. The number of hydrogen-bond acceptors (Lipinski definition) is 5. The van der Waals surface area contributed by atoms with E-state index in [0.29, 0.717) is 17.2 Å². The van der Waals surface area contributed by atoms with Gasteiger partial charge in [-0.2, -0.15) is 0 Å². The molecule has 0 spiro atoms. The zero-order chi connectivity index (χ0) is 27.1. The molecular weight excluding hydrogens is 504 g/mol. The van der Waals surface area contributed by atoms with E-state index >= 15 is 0 Å². The highest BCUT2D eigenvalue weighted by Gasteiger charge is 2.53. The fourth-order valence-electron chi connectivity index (χ4n) is 6.18. The molecule has 0 aliphatic heterocycles. The third-order valence-corrected chi connectivity index (χ3v) is 8.92. The monoisotopic (exact) mass is 536 g/mol. The van der Waals surface area contributed by atoms with Gasteiger partial charge in [0.1, 0.15) is 0 Å². The first kappa shape index (κ1) is 25.5. The molecule has 39 heavy (non-hydrogen) atoms. The molecule has 1 unspecified atom stereocenters. The predicted octanol–water partition coefficient (Wildman–Crippen LogP) is 5.73. The van der Waals surface area contributed by atoms with Crippen LogP contribution in [0.1, 0.15) is 57.8 Å². The van der Waals surface area contributed by atoms with Crippen LogP contribution in [0.4, 0.5) is 5.13 Å². The molecule has 2 bridgehead atoms. The van der Waals surface area contributed by atoms with E-state index in [1.165, 1.54) is 33.6 Å². The molecule has 1 heterocycles. The van der Waals surface area contributed by atoms with Crippen LogP contribution < -0.4 is 10.6 Å². The summed E-state index contributed by atoms with van der Waals surface area (Å²) in [4.78, 5) is 33.0. The van der Waals surface area contributed by atoms with Gasteiger partial charge in [-0.15, -0.1) is 11.3 Å². The molecule has 7 rings (SSSR count). The third-order valence-electron chi connectivity index (χ3n) is 8.16. The van der Waals surface area contributed by atoms with Crippen molar-refractivity contribution in [2.24, 2.45) is 5.41 Å². The number of nitrogens with one attached hydrogen (secondary N) is 2. The summed E-state index contributed by atoms with van der Waals surface area (Å²) in [5.41, 5.74) is 6.92. The summed E-state index contributed by atoms with van der Waals surface area (Å²) in [5, 5.41) is 8.62. The molecule has 6 nitrogen and oxygen atoms in total. The number of likely N-dealkylation sites (N-methyl/N-ethyl adjacent to an activating group) is 1. The Morgan fingerprint density at radius 3 is 2.18 bits per heavy atom. The molecule has 0 saturated heterocycles. The van der Waals surface area contributed by atoms with Crippen LogP contribution >= 0.6 is 11.3 Å². The van der Waals surface area contributed by atoms with Crippen molar-refractivity contribution >= 4 is 28.3 Å². The molecule has 3 aliphatic rings. The molecule has 2 amide bonds. The van der Waals surface area contributed by atoms with E-state index in [0.717, 1.165) is 24.2 Å². The Labute approximate surface area is 233 Å². The average molecular weight is 537 g/mol. The molecule has 198 valence electrons. The molecule has 3 aliphatic carbocycles. The van der Waals surface area contributed by atoms with Crippen molar-refractivity contribution in [2.45, 2.75) is 25.2 Å². The summed E-state index contributed by atoms with van der Waals surface area (Å²) in [6, 6.07) is 24.6. The van der Waals surface area contributed by atoms with E-state index in [9.17, 15) is 9.59 Å². The van der Waals surface area contributed by atoms with Gasteiger partial charge in [0.05, 0.1) is 11.1 Å². The first-order valence-corrected chi connectivity index (χ1v) is 14.2. The van der Waals surface area contributed by atoms with Gasteiger partial charge in [0.2, 0.25) is 5.91 Å². The first-order chi connectivity index (χ1) is 18.8. The predicted molar refractivity (Wildman–Crippen MR) is 156 cm³/mol. The lowest BCUT2D eigenvalue weighted by atomic mass is 9.52. The van der Waals surface area contributed by atoms with Crippen molar-refractivity contribution in [3.63, 3.8) is 0 Å². The van der Waals surface area contributed by atoms with E-state index in [1.54, 1.807) is 0 Å². The summed E-state index contributed by atoms with van der Waals surface area (Å²) in [7, 11) is 3.95. The van der Waals surface area contributed by atoms with Crippen LogP contribution in [-0.4, -0.2) is 48.9 Å². The molecule has 1 atom stereocenters. The fraction of sp³-hybridized carbons (Fsp3) is 0.281. The Morgan fingerprint density at radius 1 is 0.949 bits per heavy atom. The van der Waals surface area contributed by atoms with Crippen LogP contribution in [0.5, 0.6) is 0 Å². The molecule has 0 fully saturated rings. The summed E-state index contributed by atoms with van der Waals surface area (Å²) < 4.78 is 0. The minimum absolute atomic E-state index is 0.00532. The van der Waals surface area contributed by atoms with Gasteiger partial charge < -0.3 is 15.5 Å². The van der Waals surface area contributed by atoms with Crippen molar-refractivity contribution in [1.82, 2.24) is 15.2 Å². The third kappa shape index (κ3) is 4.56. The van der Waals surface area contributed by atoms with E-state index < -0.39 is 5.41 Å². The second-order valence-corrected chi connectivity index (χ2v) is 11.9. The number of fused-ring (bicyclic) bond motifs is 1. The van der Waals surface area contributed by atoms with Crippen molar-refractivity contribution in [1.29, 1.82) is 0 Å². The van der Waals surface area contributed by atoms with E-state index in [2.05, 4.69) is 66.1 Å². The van der Waals surface area contributed by atoms with Gasteiger partial charge in [0.15, 0.2) is 5.13 Å². The maximum Gasteiger partial charge on any atom is 0.251 e. The van der Waals surface area contributed by atoms with Crippen LogP contribution in [0, 0.1) is 5.41 Å². The molecule has 0 radical (unpaired) electrons. The fourth-order valence-corrected chi connectivity index (χ4v) is 6.90. The summed E-state index contributed by atoms with van der Waals surface area (Å²) in [5.74, 6) is 0.134. The molecule has 1 aromatic heterocycles. The van der Waals surface area contributed by atoms with E-state index in [4.69, 9.17) is 4.98 Å². The number of carbonyl (C=O) groups excluding carboxylic acids is 2. The number of amides is 2. The summed E-state index contributed by atoms with van der Waals surface area (Å²) >= 11 is 1.42. The SMILES string of the molecule is CN(C)CCNC(=O)c1ccc(-c2csc(NC(=O)C3(C)CC4c5ccccc5C3c3ccccc34)n2)cc1. The highest BCUT2D eigenvalue weighted by molar-refractivity contribution is 7.14. The lowest BCUT2D eigenvalue weighted by Crippen LogP contribution is -2.47. The lowest BCUT2D eigenvalue weighted by molar-refractivity contribution is -0.126. The number of hydrogen-bond donors (Lipinski definition) is 2. The quantitative estimate of drug-likeness (QED) is 0.317. The molecule has 0 saturated carbocycles. The van der Waals surface area contributed by atoms with E-state index in [-0.39, 0.29) is 23.7 Å². The van der Waals surface area contributed by atoms with Gasteiger partial charge in [-0.05, 0) is 61.8 Å². The summed E-state index contributed by atoms with van der Waals surface area (Å²) in [6.45, 7) is 3.49. The van der Waals surface area contributed by atoms with Crippen LogP contribution in [-0.2, 0) is 4.79 Å². The smallest absolute Gasteiger partial charge is 0.251 e. The van der Waals surface area contributed by atoms with Crippen molar-refractivity contribution in [2.75, 3.05) is 32.5 Å². The Kier molecular flexibility index (Phi) is 6.57. The van der Waals surface area contributed by atoms with Crippen molar-refractivity contribution < 1.29 is 9.59 Å². The normalized spacial score (nSPS) is 20.8. The van der Waals surface area contributed by atoms with Crippen LogP contribution in [0.2, 0.25) is 0 Å². The minimum atomic E-state index is -0.583. The number of anilines is 1. The van der Waals surface area contributed by atoms with Gasteiger partial charge in [-0.1, -0.05) is 60.7 Å². The number of nitrogens with zero attached hydrogens (tertiary/aromatic N) is 2. The Hall–Kier alpha value is -3.81. The zero-order valence-corrected chi connectivity index (χ0v) is 23.2. The van der Waals surface area contributed by atoms with Crippen LogP contribution in [0.25, 0.3) is 11.3 Å². The number of carbonyl (C=O) groups is 2. The number of benzene rings is 3. The maximum atomic E-state index is 13.9. The standard InChI is InChI=1S/C32H32N4O2S/c1-32(18-26-22-8-4-6-10-24(22)28(32)25-11-7-5-9-23(25)26)30(38)35-31-34-27(19-39-31)20-12-14-21(15-13-20)29(37)33-16-17-36(2)3/h4-15,19,26,28H,16-18H2,1-3H3,(H,33,37)(H,34,35,38). The Balaban J connectivity index is 1.19. The highest BCUT2D eigenvalue weighted by Crippen LogP contribution is 2.61. The second-order valence-electron chi connectivity index (χ2n) is 11.0. The largest absolute Gasteiger partial charge is 0.351 e. The van der Waals surface area contributed by atoms with Crippen molar-refractivity contribution in [3.05, 3.63) is 106 Å². The molecule has 3 aromatic carbocycles. The lowest BCUT2D eigenvalue weighted by Gasteiger charge is -2.50. The molecular formula is C32H32N4O2S. The molecule has 4 aromatic rings. The van der Waals surface area contributed by atoms with Gasteiger partial charge >= 0.3 is 0 Å². The van der Waals surface area contributed by atoms with E-state index in [1.807, 2.05) is 48.6 Å². The van der Waals surface area contributed by atoms with Crippen molar-refractivity contribution in [3.8, 4) is 11.3 Å².